The van der Waals surface area contributed by atoms with Crippen molar-refractivity contribution in [3.05, 3.63) is 42.4 Å². The van der Waals surface area contributed by atoms with Gasteiger partial charge in [0.25, 0.3) is 10.0 Å². The SMILES string of the molecule is Nc1ccc(S(=O)(=O)Nc2ccnc(C3CC3)n2)cc1. The fourth-order valence-corrected chi connectivity index (χ4v) is 2.81. The Hall–Kier alpha value is -2.15. The Morgan fingerprint density at radius 3 is 2.50 bits per heavy atom. The average molecular weight is 290 g/mol. The summed E-state index contributed by atoms with van der Waals surface area (Å²) in [7, 11) is -3.65. The second-order valence-electron chi connectivity index (χ2n) is 4.75. The van der Waals surface area contributed by atoms with Crippen LogP contribution in [0.5, 0.6) is 0 Å². The molecule has 0 spiro atoms. The highest BCUT2D eigenvalue weighted by molar-refractivity contribution is 7.92. The van der Waals surface area contributed by atoms with Crippen LogP contribution < -0.4 is 10.5 Å². The van der Waals surface area contributed by atoms with Gasteiger partial charge >= 0.3 is 0 Å². The summed E-state index contributed by atoms with van der Waals surface area (Å²) in [6.07, 6.45) is 3.70. The zero-order valence-corrected chi connectivity index (χ0v) is 11.5. The lowest BCUT2D eigenvalue weighted by atomic mass is 10.3. The van der Waals surface area contributed by atoms with Crippen LogP contribution in [-0.4, -0.2) is 18.4 Å². The number of anilines is 2. The minimum Gasteiger partial charge on any atom is -0.399 e. The first-order chi connectivity index (χ1) is 9.54. The lowest BCUT2D eigenvalue weighted by Crippen LogP contribution is -2.14. The molecule has 3 N–H and O–H groups in total. The van der Waals surface area contributed by atoms with E-state index < -0.39 is 10.0 Å². The minimum atomic E-state index is -3.65. The van der Waals surface area contributed by atoms with Gasteiger partial charge in [-0.15, -0.1) is 0 Å². The molecule has 3 rings (SSSR count). The Morgan fingerprint density at radius 2 is 1.85 bits per heavy atom. The zero-order valence-electron chi connectivity index (χ0n) is 10.7. The van der Waals surface area contributed by atoms with Gasteiger partial charge in [0.05, 0.1) is 4.90 Å². The molecule has 0 unspecified atom stereocenters. The van der Waals surface area contributed by atoms with Crippen molar-refractivity contribution in [3.63, 3.8) is 0 Å². The fourth-order valence-electron chi connectivity index (χ4n) is 1.81. The number of hydrogen-bond donors (Lipinski definition) is 2. The first kappa shape index (κ1) is 12.9. The van der Waals surface area contributed by atoms with Gasteiger partial charge in [-0.1, -0.05) is 0 Å². The lowest BCUT2D eigenvalue weighted by molar-refractivity contribution is 0.601. The van der Waals surface area contributed by atoms with Crippen LogP contribution in [0.4, 0.5) is 11.5 Å². The molecule has 0 saturated heterocycles. The topological polar surface area (TPSA) is 98.0 Å². The van der Waals surface area contributed by atoms with E-state index >= 15 is 0 Å². The van der Waals surface area contributed by atoms with E-state index in [9.17, 15) is 8.42 Å². The molecule has 6 nitrogen and oxygen atoms in total. The van der Waals surface area contributed by atoms with Crippen LogP contribution in [0.25, 0.3) is 0 Å². The molecule has 1 aromatic heterocycles. The van der Waals surface area contributed by atoms with E-state index in [0.29, 0.717) is 23.2 Å². The number of nitrogens with two attached hydrogens (primary N) is 1. The van der Waals surface area contributed by atoms with Gasteiger partial charge in [0.2, 0.25) is 0 Å². The molecular weight excluding hydrogens is 276 g/mol. The summed E-state index contributed by atoms with van der Waals surface area (Å²) < 4.78 is 26.9. The van der Waals surface area contributed by atoms with E-state index in [-0.39, 0.29) is 4.90 Å². The van der Waals surface area contributed by atoms with E-state index in [0.717, 1.165) is 12.8 Å². The first-order valence-corrected chi connectivity index (χ1v) is 7.74. The van der Waals surface area contributed by atoms with Crippen LogP contribution in [0.3, 0.4) is 0 Å². The predicted octanol–water partition coefficient (Wildman–Crippen LogP) is 1.74. The number of aromatic nitrogens is 2. The number of benzene rings is 1. The van der Waals surface area contributed by atoms with Crippen LogP contribution in [0.1, 0.15) is 24.6 Å². The van der Waals surface area contributed by atoms with Crippen LogP contribution in [0, 0.1) is 0 Å². The van der Waals surface area contributed by atoms with Crippen molar-refractivity contribution in [2.45, 2.75) is 23.7 Å². The van der Waals surface area contributed by atoms with Crippen LogP contribution in [-0.2, 0) is 10.0 Å². The summed E-state index contributed by atoms with van der Waals surface area (Å²) >= 11 is 0. The predicted molar refractivity (Wildman–Crippen MR) is 75.7 cm³/mol. The molecule has 2 aromatic rings. The molecule has 0 amide bonds. The molecule has 104 valence electrons. The maximum Gasteiger partial charge on any atom is 0.263 e. The molecule has 0 aliphatic heterocycles. The highest BCUT2D eigenvalue weighted by Crippen LogP contribution is 2.38. The highest BCUT2D eigenvalue weighted by Gasteiger charge is 2.27. The summed E-state index contributed by atoms with van der Waals surface area (Å²) in [6.45, 7) is 0. The molecule has 7 heteroatoms. The van der Waals surface area contributed by atoms with Gasteiger partial charge in [0.1, 0.15) is 11.6 Å². The van der Waals surface area contributed by atoms with Crippen molar-refractivity contribution in [2.24, 2.45) is 0 Å². The van der Waals surface area contributed by atoms with E-state index in [1.165, 1.54) is 12.1 Å². The van der Waals surface area contributed by atoms with Crippen molar-refractivity contribution >= 4 is 21.5 Å². The van der Waals surface area contributed by atoms with E-state index in [2.05, 4.69) is 14.7 Å². The Balaban J connectivity index is 1.85. The summed E-state index contributed by atoms with van der Waals surface area (Å²) in [5.41, 5.74) is 6.06. The second kappa shape index (κ2) is 4.75. The first-order valence-electron chi connectivity index (χ1n) is 6.26. The maximum atomic E-state index is 12.2. The van der Waals surface area contributed by atoms with Crippen molar-refractivity contribution in [1.29, 1.82) is 0 Å². The maximum absolute atomic E-state index is 12.2. The van der Waals surface area contributed by atoms with Gasteiger partial charge in [-0.25, -0.2) is 18.4 Å². The number of sulfonamides is 1. The van der Waals surface area contributed by atoms with Crippen molar-refractivity contribution in [3.8, 4) is 0 Å². The Labute approximate surface area is 117 Å². The number of rotatable bonds is 4. The summed E-state index contributed by atoms with van der Waals surface area (Å²) in [5.74, 6) is 1.36. The van der Waals surface area contributed by atoms with Gasteiger partial charge < -0.3 is 5.73 Å². The third-order valence-electron chi connectivity index (χ3n) is 3.05. The number of nitrogen functional groups attached to an aromatic ring is 1. The van der Waals surface area contributed by atoms with Crippen molar-refractivity contribution in [1.82, 2.24) is 9.97 Å². The standard InChI is InChI=1S/C13H14N4O2S/c14-10-3-5-11(6-4-10)20(18,19)17-12-7-8-15-13(16-12)9-1-2-9/h3-9H,1-2,14H2,(H,15,16,17). The Kier molecular flexibility index (Phi) is 3.06. The van der Waals surface area contributed by atoms with Crippen molar-refractivity contribution in [2.75, 3.05) is 10.5 Å². The fraction of sp³-hybridized carbons (Fsp3) is 0.231. The van der Waals surface area contributed by atoms with E-state index in [1.807, 2.05) is 0 Å². The quantitative estimate of drug-likeness (QED) is 0.836. The molecule has 1 fully saturated rings. The molecule has 20 heavy (non-hydrogen) atoms. The van der Waals surface area contributed by atoms with Gasteiger partial charge in [-0.3, -0.25) is 4.72 Å². The lowest BCUT2D eigenvalue weighted by Gasteiger charge is -2.08. The summed E-state index contributed by atoms with van der Waals surface area (Å²) in [4.78, 5) is 8.54. The normalized spacial score (nSPS) is 15.0. The number of nitrogens with one attached hydrogen (secondary N) is 1. The Morgan fingerprint density at radius 1 is 1.15 bits per heavy atom. The molecule has 1 aromatic carbocycles. The van der Waals surface area contributed by atoms with Crippen LogP contribution >= 0.6 is 0 Å². The molecule has 0 bridgehead atoms. The third kappa shape index (κ3) is 2.72. The van der Waals surface area contributed by atoms with Crippen LogP contribution in [0.2, 0.25) is 0 Å². The van der Waals surface area contributed by atoms with E-state index in [1.54, 1.807) is 24.4 Å². The zero-order chi connectivity index (χ0) is 14.2. The number of nitrogens with zero attached hydrogens (tertiary/aromatic N) is 2. The molecule has 1 saturated carbocycles. The van der Waals surface area contributed by atoms with E-state index in [4.69, 9.17) is 5.73 Å². The van der Waals surface area contributed by atoms with Gasteiger partial charge in [0, 0.05) is 17.8 Å². The van der Waals surface area contributed by atoms with Gasteiger partial charge in [-0.05, 0) is 43.2 Å². The monoisotopic (exact) mass is 290 g/mol. The molecular formula is C13H14N4O2S. The molecule has 0 atom stereocenters. The Bertz CT molecular complexity index is 724. The van der Waals surface area contributed by atoms with Gasteiger partial charge in [0.15, 0.2) is 0 Å². The van der Waals surface area contributed by atoms with Gasteiger partial charge in [-0.2, -0.15) is 0 Å². The second-order valence-corrected chi connectivity index (χ2v) is 6.43. The molecule has 1 aliphatic rings. The molecule has 1 aliphatic carbocycles. The number of hydrogen-bond acceptors (Lipinski definition) is 5. The minimum absolute atomic E-state index is 0.151. The smallest absolute Gasteiger partial charge is 0.263 e. The molecule has 1 heterocycles. The van der Waals surface area contributed by atoms with Crippen molar-refractivity contribution < 1.29 is 8.42 Å². The third-order valence-corrected chi connectivity index (χ3v) is 4.42. The molecule has 0 radical (unpaired) electrons. The summed E-state index contributed by atoms with van der Waals surface area (Å²) in [6, 6.07) is 7.55. The van der Waals surface area contributed by atoms with Crippen LogP contribution in [0.15, 0.2) is 41.4 Å². The highest BCUT2D eigenvalue weighted by atomic mass is 32.2. The largest absolute Gasteiger partial charge is 0.399 e. The average Bonchev–Trinajstić information content (AvgIpc) is 3.23. The summed E-state index contributed by atoms with van der Waals surface area (Å²) in [5, 5.41) is 0.